The average molecular weight is 540 g/mol. The SMILES string of the molecule is CN=C(NCCc1ccc(Cl)cc1)NCc1cc(F)ccc1CS(C)(=O)=O.I. The fourth-order valence-electron chi connectivity index (χ4n) is 2.56. The maximum atomic E-state index is 13.6. The number of halogens is 3. The van der Waals surface area contributed by atoms with Gasteiger partial charge in [-0.05, 0) is 47.4 Å². The Labute approximate surface area is 187 Å². The van der Waals surface area contributed by atoms with Crippen LogP contribution in [0.2, 0.25) is 5.02 Å². The molecule has 0 aromatic heterocycles. The van der Waals surface area contributed by atoms with E-state index >= 15 is 0 Å². The molecule has 0 spiro atoms. The predicted octanol–water partition coefficient (Wildman–Crippen LogP) is 3.55. The smallest absolute Gasteiger partial charge is 0.191 e. The Kier molecular flexibility index (Phi) is 10.2. The van der Waals surface area contributed by atoms with E-state index in [0.29, 0.717) is 28.7 Å². The van der Waals surface area contributed by atoms with E-state index in [1.807, 2.05) is 24.3 Å². The summed E-state index contributed by atoms with van der Waals surface area (Å²) >= 11 is 5.87. The highest BCUT2D eigenvalue weighted by Crippen LogP contribution is 2.14. The molecule has 154 valence electrons. The third kappa shape index (κ3) is 8.74. The third-order valence-corrected chi connectivity index (χ3v) is 4.96. The van der Waals surface area contributed by atoms with Crippen molar-refractivity contribution in [3.63, 3.8) is 0 Å². The minimum atomic E-state index is -3.21. The molecule has 0 fully saturated rings. The summed E-state index contributed by atoms with van der Waals surface area (Å²) in [5.41, 5.74) is 2.30. The lowest BCUT2D eigenvalue weighted by Gasteiger charge is -2.14. The molecule has 0 atom stereocenters. The first-order chi connectivity index (χ1) is 12.8. The highest BCUT2D eigenvalue weighted by Gasteiger charge is 2.11. The second-order valence-corrected chi connectivity index (χ2v) is 8.79. The first kappa shape index (κ1) is 24.6. The van der Waals surface area contributed by atoms with E-state index in [-0.39, 0.29) is 36.3 Å². The van der Waals surface area contributed by atoms with Gasteiger partial charge >= 0.3 is 0 Å². The van der Waals surface area contributed by atoms with Crippen LogP contribution < -0.4 is 10.6 Å². The minimum absolute atomic E-state index is 0. The molecule has 0 unspecified atom stereocenters. The lowest BCUT2D eigenvalue weighted by molar-refractivity contribution is 0.599. The summed E-state index contributed by atoms with van der Waals surface area (Å²) in [6.07, 6.45) is 1.95. The molecule has 0 heterocycles. The van der Waals surface area contributed by atoms with Gasteiger partial charge in [-0.2, -0.15) is 0 Å². The van der Waals surface area contributed by atoms with Gasteiger partial charge in [-0.1, -0.05) is 29.8 Å². The van der Waals surface area contributed by atoms with Crippen LogP contribution in [0.3, 0.4) is 0 Å². The summed E-state index contributed by atoms with van der Waals surface area (Å²) < 4.78 is 36.7. The molecule has 0 aliphatic rings. The van der Waals surface area contributed by atoms with Crippen LogP contribution in [-0.2, 0) is 28.6 Å². The van der Waals surface area contributed by atoms with E-state index in [1.54, 1.807) is 7.05 Å². The molecule has 2 aromatic rings. The number of rotatable bonds is 7. The average Bonchev–Trinajstić information content (AvgIpc) is 2.60. The van der Waals surface area contributed by atoms with Crippen molar-refractivity contribution >= 4 is 51.4 Å². The Hall–Kier alpha value is -1.39. The van der Waals surface area contributed by atoms with E-state index in [0.717, 1.165) is 18.2 Å². The molecule has 0 aliphatic carbocycles. The Bertz CT molecular complexity index is 906. The second kappa shape index (κ2) is 11.6. The van der Waals surface area contributed by atoms with E-state index in [9.17, 15) is 12.8 Å². The van der Waals surface area contributed by atoms with Gasteiger partial charge in [0.1, 0.15) is 5.82 Å². The van der Waals surface area contributed by atoms with Gasteiger partial charge in [0.2, 0.25) is 0 Å². The maximum Gasteiger partial charge on any atom is 0.191 e. The highest BCUT2D eigenvalue weighted by molar-refractivity contribution is 14.0. The number of sulfone groups is 1. The van der Waals surface area contributed by atoms with Crippen molar-refractivity contribution in [3.8, 4) is 0 Å². The molecule has 0 bridgehead atoms. The van der Waals surface area contributed by atoms with E-state index in [2.05, 4.69) is 15.6 Å². The third-order valence-electron chi connectivity index (χ3n) is 3.88. The Morgan fingerprint density at radius 3 is 2.39 bits per heavy atom. The molecule has 0 amide bonds. The summed E-state index contributed by atoms with van der Waals surface area (Å²) in [7, 11) is -1.57. The van der Waals surface area contributed by atoms with Crippen molar-refractivity contribution in [2.24, 2.45) is 4.99 Å². The number of hydrogen-bond acceptors (Lipinski definition) is 3. The molecule has 2 rings (SSSR count). The number of aliphatic imine (C=N–C) groups is 1. The topological polar surface area (TPSA) is 70.6 Å². The standard InChI is InChI=1S/C19H23ClFN3O2S.HI/c1-22-19(23-10-9-14-3-6-17(20)7-4-14)24-12-16-11-18(21)8-5-15(16)13-27(2,25)26;/h3-8,11H,9-10,12-13H2,1-2H3,(H2,22,23,24);1H. The molecule has 2 N–H and O–H groups in total. The first-order valence-corrected chi connectivity index (χ1v) is 10.8. The van der Waals surface area contributed by atoms with E-state index in [1.165, 1.54) is 18.2 Å². The van der Waals surface area contributed by atoms with Crippen molar-refractivity contribution in [2.75, 3.05) is 19.8 Å². The van der Waals surface area contributed by atoms with Crippen LogP contribution in [0, 0.1) is 5.82 Å². The van der Waals surface area contributed by atoms with Crippen molar-refractivity contribution in [1.82, 2.24) is 10.6 Å². The largest absolute Gasteiger partial charge is 0.356 e. The van der Waals surface area contributed by atoms with Crippen molar-refractivity contribution in [3.05, 3.63) is 70.0 Å². The summed E-state index contributed by atoms with van der Waals surface area (Å²) in [6, 6.07) is 11.7. The van der Waals surface area contributed by atoms with Crippen LogP contribution in [0.1, 0.15) is 16.7 Å². The highest BCUT2D eigenvalue weighted by atomic mass is 127. The quantitative estimate of drug-likeness (QED) is 0.321. The molecule has 0 radical (unpaired) electrons. The Balaban J connectivity index is 0.00000392. The van der Waals surface area contributed by atoms with Crippen molar-refractivity contribution in [1.29, 1.82) is 0 Å². The molecule has 28 heavy (non-hydrogen) atoms. The number of benzene rings is 2. The van der Waals surface area contributed by atoms with Crippen molar-refractivity contribution < 1.29 is 12.8 Å². The molecular formula is C19H24ClFIN3O2S. The van der Waals surface area contributed by atoms with Crippen LogP contribution in [-0.4, -0.2) is 34.2 Å². The number of hydrogen-bond donors (Lipinski definition) is 2. The molecule has 0 aliphatic heterocycles. The fourth-order valence-corrected chi connectivity index (χ4v) is 3.53. The number of nitrogens with zero attached hydrogens (tertiary/aromatic N) is 1. The van der Waals surface area contributed by atoms with Gasteiger partial charge in [-0.3, -0.25) is 4.99 Å². The van der Waals surface area contributed by atoms with Gasteiger partial charge in [0, 0.05) is 31.4 Å². The van der Waals surface area contributed by atoms with Crippen LogP contribution >= 0.6 is 35.6 Å². The normalized spacial score (nSPS) is 11.6. The zero-order valence-electron chi connectivity index (χ0n) is 15.7. The maximum absolute atomic E-state index is 13.6. The van der Waals surface area contributed by atoms with Gasteiger partial charge in [0.15, 0.2) is 15.8 Å². The molecule has 9 heteroatoms. The van der Waals surface area contributed by atoms with Crippen LogP contribution in [0.4, 0.5) is 4.39 Å². The summed E-state index contributed by atoms with van der Waals surface area (Å²) in [5, 5.41) is 6.97. The van der Waals surface area contributed by atoms with Gasteiger partial charge in [-0.15, -0.1) is 24.0 Å². The minimum Gasteiger partial charge on any atom is -0.356 e. The van der Waals surface area contributed by atoms with E-state index < -0.39 is 15.7 Å². The van der Waals surface area contributed by atoms with Crippen LogP contribution in [0.15, 0.2) is 47.5 Å². The molecule has 0 saturated heterocycles. The lowest BCUT2D eigenvalue weighted by Crippen LogP contribution is -2.38. The number of nitrogens with one attached hydrogen (secondary N) is 2. The molecular weight excluding hydrogens is 516 g/mol. The van der Waals surface area contributed by atoms with Gasteiger partial charge < -0.3 is 10.6 Å². The summed E-state index contributed by atoms with van der Waals surface area (Å²) in [6.45, 7) is 0.921. The summed E-state index contributed by atoms with van der Waals surface area (Å²) in [4.78, 5) is 4.14. The first-order valence-electron chi connectivity index (χ1n) is 8.41. The zero-order valence-corrected chi connectivity index (χ0v) is 19.6. The Morgan fingerprint density at radius 2 is 1.79 bits per heavy atom. The lowest BCUT2D eigenvalue weighted by atomic mass is 10.1. The van der Waals surface area contributed by atoms with Crippen LogP contribution in [0.25, 0.3) is 0 Å². The van der Waals surface area contributed by atoms with Gasteiger partial charge in [-0.25, -0.2) is 12.8 Å². The number of guanidine groups is 1. The predicted molar refractivity (Wildman–Crippen MR) is 124 cm³/mol. The monoisotopic (exact) mass is 539 g/mol. The molecule has 5 nitrogen and oxygen atoms in total. The summed E-state index contributed by atoms with van der Waals surface area (Å²) in [5.74, 6) is 0.0145. The van der Waals surface area contributed by atoms with E-state index in [4.69, 9.17) is 11.6 Å². The van der Waals surface area contributed by atoms with Crippen molar-refractivity contribution in [2.45, 2.75) is 18.7 Å². The van der Waals surface area contributed by atoms with Gasteiger partial charge in [0.05, 0.1) is 5.75 Å². The zero-order chi connectivity index (χ0) is 19.9. The second-order valence-electron chi connectivity index (χ2n) is 6.21. The Morgan fingerprint density at radius 1 is 1.11 bits per heavy atom. The molecule has 2 aromatic carbocycles. The van der Waals surface area contributed by atoms with Crippen LogP contribution in [0.5, 0.6) is 0 Å². The molecule has 0 saturated carbocycles. The fraction of sp³-hybridized carbons (Fsp3) is 0.316. The van der Waals surface area contributed by atoms with Gasteiger partial charge in [0.25, 0.3) is 0 Å².